The van der Waals surface area contributed by atoms with E-state index in [1.54, 1.807) is 27.0 Å². The molecule has 2 unspecified atom stereocenters. The van der Waals surface area contributed by atoms with E-state index in [2.05, 4.69) is 31.6 Å². The number of fused-ring (bicyclic) bond motifs is 7. The van der Waals surface area contributed by atoms with E-state index in [1.807, 2.05) is 18.2 Å². The number of benzene rings is 2. The molecule has 256 valence electrons. The number of carbonyl (C=O) groups excluding carboxylic acids is 2. The maximum atomic E-state index is 14.8. The first-order valence-electron chi connectivity index (χ1n) is 18.0. The summed E-state index contributed by atoms with van der Waals surface area (Å²) in [6.45, 7) is 6.25. The van der Waals surface area contributed by atoms with Gasteiger partial charge in [0.05, 0.1) is 23.5 Å². The minimum absolute atomic E-state index is 0.0763. The van der Waals surface area contributed by atoms with Gasteiger partial charge < -0.3 is 19.5 Å². The molecule has 0 bridgehead atoms. The lowest BCUT2D eigenvalue weighted by Gasteiger charge is -2.41. The van der Waals surface area contributed by atoms with Crippen molar-refractivity contribution in [3.63, 3.8) is 0 Å². The predicted molar refractivity (Wildman–Crippen MR) is 187 cm³/mol. The molecule has 4 fully saturated rings. The fourth-order valence-electron chi connectivity index (χ4n) is 9.48. The zero-order chi connectivity index (χ0) is 33.4. The highest BCUT2D eigenvalue weighted by Gasteiger charge is 2.64. The molecule has 1 spiro atoms. The Balaban J connectivity index is 1.27. The number of hydrogen-bond acceptors (Lipinski definition) is 6. The highest BCUT2D eigenvalue weighted by Crippen LogP contribution is 2.66. The van der Waals surface area contributed by atoms with E-state index in [1.165, 1.54) is 43.2 Å². The van der Waals surface area contributed by atoms with E-state index in [9.17, 15) is 18.0 Å². The highest BCUT2D eigenvalue weighted by molar-refractivity contribution is 7.90. The van der Waals surface area contributed by atoms with Gasteiger partial charge in [-0.25, -0.2) is 13.1 Å². The van der Waals surface area contributed by atoms with Crippen LogP contribution in [0, 0.1) is 5.41 Å². The molecular weight excluding hydrogens is 625 g/mol. The van der Waals surface area contributed by atoms with Gasteiger partial charge in [-0.1, -0.05) is 25.3 Å². The van der Waals surface area contributed by atoms with Crippen LogP contribution in [0.15, 0.2) is 36.4 Å². The second-order valence-electron chi connectivity index (χ2n) is 15.4. The van der Waals surface area contributed by atoms with Crippen molar-refractivity contribution in [2.75, 3.05) is 26.7 Å². The van der Waals surface area contributed by atoms with Gasteiger partial charge in [-0.2, -0.15) is 0 Å². The molecule has 2 saturated heterocycles. The summed E-state index contributed by atoms with van der Waals surface area (Å²) in [6, 6.07) is 12.0. The molecule has 1 aromatic heterocycles. The van der Waals surface area contributed by atoms with Crippen LogP contribution in [0.2, 0.25) is 0 Å². The minimum atomic E-state index is -3.80. The summed E-state index contributed by atoms with van der Waals surface area (Å²) in [6.07, 6.45) is 10.9. The molecule has 2 N–H and O–H groups in total. The molecule has 2 aromatic carbocycles. The van der Waals surface area contributed by atoms with Crippen molar-refractivity contribution >= 4 is 32.7 Å². The lowest BCUT2D eigenvalue weighted by molar-refractivity contribution is -0.139. The molecule has 2 atom stereocenters. The molecule has 4 heterocycles. The van der Waals surface area contributed by atoms with Crippen LogP contribution < -0.4 is 14.8 Å². The molecule has 9 nitrogen and oxygen atoms in total. The largest absolute Gasteiger partial charge is 0.497 e. The number of hydrogen-bond donors (Lipinski definition) is 2. The van der Waals surface area contributed by atoms with Gasteiger partial charge in [0, 0.05) is 53.1 Å². The first-order valence-corrected chi connectivity index (χ1v) is 19.6. The fraction of sp³-hybridized carbons (Fsp3) is 0.579. The molecule has 0 radical (unpaired) electrons. The summed E-state index contributed by atoms with van der Waals surface area (Å²) < 4.78 is 35.7. The number of likely N-dealkylation sites (tertiary alicyclic amines) is 1. The van der Waals surface area contributed by atoms with Gasteiger partial charge in [0.15, 0.2) is 0 Å². The Morgan fingerprint density at radius 1 is 1.00 bits per heavy atom. The van der Waals surface area contributed by atoms with Crippen LogP contribution in [0.5, 0.6) is 5.75 Å². The molecular formula is C38H48N4O5S. The van der Waals surface area contributed by atoms with Gasteiger partial charge in [0.1, 0.15) is 5.75 Å². The van der Waals surface area contributed by atoms with Crippen molar-refractivity contribution in [2.45, 2.75) is 107 Å². The quantitative estimate of drug-likeness (QED) is 0.329. The summed E-state index contributed by atoms with van der Waals surface area (Å²) >= 11 is 0. The average Bonchev–Trinajstić information content (AvgIpc) is 3.54. The van der Waals surface area contributed by atoms with E-state index in [-0.39, 0.29) is 17.4 Å². The van der Waals surface area contributed by atoms with Crippen molar-refractivity contribution in [3.8, 4) is 17.0 Å². The van der Waals surface area contributed by atoms with E-state index in [0.29, 0.717) is 18.0 Å². The second-order valence-corrected chi connectivity index (χ2v) is 17.6. The molecule has 8 rings (SSSR count). The maximum absolute atomic E-state index is 14.8. The van der Waals surface area contributed by atoms with Gasteiger partial charge >= 0.3 is 0 Å². The summed E-state index contributed by atoms with van der Waals surface area (Å²) in [7, 11) is -2.10. The first-order chi connectivity index (χ1) is 23.1. The van der Waals surface area contributed by atoms with Gasteiger partial charge in [-0.05, 0) is 113 Å². The fourth-order valence-corrected chi connectivity index (χ4v) is 10.1. The molecule has 3 aromatic rings. The molecule has 10 heteroatoms. The minimum Gasteiger partial charge on any atom is -0.497 e. The van der Waals surface area contributed by atoms with Gasteiger partial charge in [0.25, 0.3) is 5.91 Å². The number of nitrogens with zero attached hydrogens (tertiary/aromatic N) is 2. The summed E-state index contributed by atoms with van der Waals surface area (Å²) in [5, 5.41) is 4.11. The van der Waals surface area contributed by atoms with Crippen LogP contribution in [0.4, 0.5) is 0 Å². The van der Waals surface area contributed by atoms with Crippen LogP contribution in [-0.4, -0.2) is 67.2 Å². The number of carbonyl (C=O) groups is 2. The van der Waals surface area contributed by atoms with E-state index in [4.69, 9.17) is 4.74 Å². The Morgan fingerprint density at radius 2 is 1.77 bits per heavy atom. The van der Waals surface area contributed by atoms with Crippen molar-refractivity contribution < 1.29 is 22.7 Å². The van der Waals surface area contributed by atoms with Crippen molar-refractivity contribution in [1.82, 2.24) is 19.5 Å². The van der Waals surface area contributed by atoms with Gasteiger partial charge in [-0.15, -0.1) is 0 Å². The van der Waals surface area contributed by atoms with Crippen LogP contribution >= 0.6 is 0 Å². The Hall–Kier alpha value is -3.37. The lowest BCUT2D eigenvalue weighted by atomic mass is 9.81. The van der Waals surface area contributed by atoms with Crippen LogP contribution in [0.1, 0.15) is 111 Å². The number of amides is 2. The van der Waals surface area contributed by atoms with Gasteiger partial charge in [-0.3, -0.25) is 9.59 Å². The Labute approximate surface area is 283 Å². The first kappa shape index (κ1) is 31.9. The number of ether oxygens (including phenoxy) is 1. The average molecular weight is 673 g/mol. The predicted octanol–water partition coefficient (Wildman–Crippen LogP) is 6.06. The van der Waals surface area contributed by atoms with E-state index < -0.39 is 26.6 Å². The van der Waals surface area contributed by atoms with Crippen LogP contribution in [0.25, 0.3) is 22.2 Å². The number of rotatable bonds is 6. The van der Waals surface area contributed by atoms with Crippen molar-refractivity contribution in [2.24, 2.45) is 5.41 Å². The molecule has 2 aliphatic carbocycles. The number of piperidine rings is 1. The normalized spacial score (nSPS) is 25.0. The number of aromatic nitrogens is 1. The van der Waals surface area contributed by atoms with Gasteiger partial charge in [0.2, 0.25) is 15.9 Å². The second kappa shape index (κ2) is 11.6. The number of nitrogens with one attached hydrogen (secondary N) is 2. The summed E-state index contributed by atoms with van der Waals surface area (Å²) in [4.78, 5) is 30.3. The van der Waals surface area contributed by atoms with Crippen LogP contribution in [0.3, 0.4) is 0 Å². The standard InChI is InChI=1S/C38H48N4O5S/c1-24(2)48(45,46)40-35(43)26-10-12-29-32(20-26)42-23-38(36(44)41-18-15-37(16-19-41)14-7-17-39-37)22-31(38)30-21-27(47-3)11-13-28(30)34(42)33(29)25-8-5-4-6-9-25/h10-13,20-21,24-25,31,39H,4-9,14-19,22-23H2,1-3H3,(H,40,43). The zero-order valence-corrected chi connectivity index (χ0v) is 29.3. The maximum Gasteiger partial charge on any atom is 0.264 e. The smallest absolute Gasteiger partial charge is 0.264 e. The number of sulfonamides is 1. The third-order valence-electron chi connectivity index (χ3n) is 12.4. The molecule has 2 saturated carbocycles. The molecule has 5 aliphatic rings. The van der Waals surface area contributed by atoms with E-state index >= 15 is 0 Å². The lowest BCUT2D eigenvalue weighted by Crippen LogP contribution is -2.53. The Morgan fingerprint density at radius 3 is 2.46 bits per heavy atom. The Kier molecular flexibility index (Phi) is 7.71. The highest BCUT2D eigenvalue weighted by atomic mass is 32.2. The topological polar surface area (TPSA) is 110 Å². The van der Waals surface area contributed by atoms with Crippen molar-refractivity contribution in [3.05, 3.63) is 53.1 Å². The summed E-state index contributed by atoms with van der Waals surface area (Å²) in [5.74, 6) is 0.847. The third-order valence-corrected chi connectivity index (χ3v) is 14.1. The monoisotopic (exact) mass is 672 g/mol. The van der Waals surface area contributed by atoms with Crippen molar-refractivity contribution in [1.29, 1.82) is 0 Å². The summed E-state index contributed by atoms with van der Waals surface area (Å²) in [5.41, 5.74) is 5.56. The van der Waals surface area contributed by atoms with Crippen LogP contribution in [-0.2, 0) is 21.4 Å². The molecule has 48 heavy (non-hydrogen) atoms. The molecule has 2 amide bonds. The SMILES string of the molecule is COc1ccc2c(c1)C1CC1(C(=O)N1CCC3(CCCN3)CC1)Cn1c-2c(C2CCCCC2)c2ccc(C(=O)NS(=O)(=O)C(C)C)cc21. The van der Waals surface area contributed by atoms with E-state index in [0.717, 1.165) is 79.6 Å². The third kappa shape index (κ3) is 5.08. The molecule has 3 aliphatic heterocycles. The zero-order valence-electron chi connectivity index (χ0n) is 28.4. The number of methoxy groups -OCH3 is 1. The Bertz CT molecular complexity index is 1890.